The van der Waals surface area contributed by atoms with Crippen molar-refractivity contribution in [3.63, 3.8) is 0 Å². The van der Waals surface area contributed by atoms with Crippen molar-refractivity contribution in [2.24, 2.45) is 5.73 Å². The zero-order valence-electron chi connectivity index (χ0n) is 8.53. The van der Waals surface area contributed by atoms with Gasteiger partial charge in [0, 0.05) is 5.02 Å². The van der Waals surface area contributed by atoms with Gasteiger partial charge in [0.15, 0.2) is 0 Å². The van der Waals surface area contributed by atoms with E-state index in [0.717, 1.165) is 33.1 Å². The molecule has 1 heterocycles. The highest BCUT2D eigenvalue weighted by atomic mass is 35.5. The maximum absolute atomic E-state index is 6.02. The summed E-state index contributed by atoms with van der Waals surface area (Å²) in [6.45, 7) is 2.13. The molecule has 0 radical (unpaired) electrons. The molecule has 80 valence electrons. The zero-order valence-corrected chi connectivity index (χ0v) is 10.1. The topological polar surface area (TPSA) is 38.9 Å². The average Bonchev–Trinajstić information content (AvgIpc) is 2.60. The second-order valence-corrected chi connectivity index (χ2v) is 5.06. The van der Waals surface area contributed by atoms with Crippen LogP contribution in [-0.2, 0) is 0 Å². The Balaban J connectivity index is 2.38. The summed E-state index contributed by atoms with van der Waals surface area (Å²) in [5.41, 5.74) is 6.98. The summed E-state index contributed by atoms with van der Waals surface area (Å²) in [6, 6.07) is 5.83. The minimum Gasteiger partial charge on any atom is -0.322 e. The number of aromatic nitrogens is 1. The molecule has 2 rings (SSSR count). The van der Waals surface area contributed by atoms with Crippen LogP contribution in [0.15, 0.2) is 18.2 Å². The molecule has 0 saturated carbocycles. The molecule has 1 aromatic heterocycles. The van der Waals surface area contributed by atoms with E-state index in [9.17, 15) is 0 Å². The Labute approximate surface area is 98.1 Å². The van der Waals surface area contributed by atoms with Crippen LogP contribution in [0.3, 0.4) is 0 Å². The molecule has 1 unspecified atom stereocenters. The third-order valence-electron chi connectivity index (χ3n) is 2.28. The van der Waals surface area contributed by atoms with E-state index in [1.807, 2.05) is 18.2 Å². The normalized spacial score (nSPS) is 13.3. The van der Waals surface area contributed by atoms with Crippen LogP contribution in [0, 0.1) is 0 Å². The molecular weight excluding hydrogens is 228 g/mol. The third kappa shape index (κ3) is 2.30. The van der Waals surface area contributed by atoms with Crippen LogP contribution in [0.5, 0.6) is 0 Å². The van der Waals surface area contributed by atoms with Gasteiger partial charge in [-0.3, -0.25) is 0 Å². The molecule has 15 heavy (non-hydrogen) atoms. The minimum absolute atomic E-state index is 0.0613. The van der Waals surface area contributed by atoms with Crippen LogP contribution in [0.25, 0.3) is 10.2 Å². The van der Waals surface area contributed by atoms with Crippen molar-refractivity contribution in [3.8, 4) is 0 Å². The Morgan fingerprint density at radius 1 is 1.53 bits per heavy atom. The molecule has 0 bridgehead atoms. The number of nitrogens with two attached hydrogens (primary N) is 1. The predicted molar refractivity (Wildman–Crippen MR) is 66.5 cm³/mol. The van der Waals surface area contributed by atoms with Gasteiger partial charge in [0.25, 0.3) is 0 Å². The Hall–Kier alpha value is -0.640. The summed E-state index contributed by atoms with van der Waals surface area (Å²) >= 11 is 7.56. The van der Waals surface area contributed by atoms with Gasteiger partial charge in [-0.15, -0.1) is 11.3 Å². The average molecular weight is 241 g/mol. The smallest absolute Gasteiger partial charge is 0.111 e. The highest BCUT2D eigenvalue weighted by molar-refractivity contribution is 7.18. The van der Waals surface area contributed by atoms with Crippen molar-refractivity contribution in [2.45, 2.75) is 25.8 Å². The Kier molecular flexibility index (Phi) is 3.24. The van der Waals surface area contributed by atoms with E-state index < -0.39 is 0 Å². The number of fused-ring (bicyclic) bond motifs is 1. The maximum Gasteiger partial charge on any atom is 0.111 e. The van der Waals surface area contributed by atoms with Gasteiger partial charge >= 0.3 is 0 Å². The molecular formula is C11H13ClN2S. The van der Waals surface area contributed by atoms with Crippen molar-refractivity contribution in [1.29, 1.82) is 0 Å². The lowest BCUT2D eigenvalue weighted by molar-refractivity contribution is 0.636. The van der Waals surface area contributed by atoms with Gasteiger partial charge in [-0.1, -0.05) is 24.9 Å². The zero-order chi connectivity index (χ0) is 10.8. The highest BCUT2D eigenvalue weighted by Crippen LogP contribution is 2.28. The molecule has 0 amide bonds. The summed E-state index contributed by atoms with van der Waals surface area (Å²) in [7, 11) is 0. The van der Waals surface area contributed by atoms with Gasteiger partial charge in [-0.25, -0.2) is 4.98 Å². The quantitative estimate of drug-likeness (QED) is 0.888. The second-order valence-electron chi connectivity index (χ2n) is 3.56. The number of halogens is 1. The molecule has 0 aliphatic carbocycles. The first-order valence-electron chi connectivity index (χ1n) is 5.02. The fourth-order valence-corrected chi connectivity index (χ4v) is 2.66. The summed E-state index contributed by atoms with van der Waals surface area (Å²) < 4.78 is 1.15. The number of benzene rings is 1. The first-order chi connectivity index (χ1) is 7.20. The molecule has 1 aromatic carbocycles. The van der Waals surface area contributed by atoms with Gasteiger partial charge < -0.3 is 5.73 Å². The van der Waals surface area contributed by atoms with E-state index in [1.165, 1.54) is 0 Å². The van der Waals surface area contributed by atoms with Crippen molar-refractivity contribution < 1.29 is 0 Å². The van der Waals surface area contributed by atoms with E-state index in [-0.39, 0.29) is 6.04 Å². The molecule has 1 atom stereocenters. The van der Waals surface area contributed by atoms with Gasteiger partial charge in [0.05, 0.1) is 16.3 Å². The van der Waals surface area contributed by atoms with Crippen molar-refractivity contribution in [3.05, 3.63) is 28.2 Å². The van der Waals surface area contributed by atoms with E-state index in [1.54, 1.807) is 11.3 Å². The SMILES string of the molecule is CCCC(N)c1nc2cc(Cl)ccc2s1. The first-order valence-corrected chi connectivity index (χ1v) is 6.21. The lowest BCUT2D eigenvalue weighted by atomic mass is 10.2. The largest absolute Gasteiger partial charge is 0.322 e. The number of thiazole rings is 1. The van der Waals surface area contributed by atoms with Crippen LogP contribution in [0.1, 0.15) is 30.8 Å². The van der Waals surface area contributed by atoms with E-state index >= 15 is 0 Å². The fourth-order valence-electron chi connectivity index (χ4n) is 1.51. The molecule has 0 saturated heterocycles. The van der Waals surface area contributed by atoms with Crippen LogP contribution >= 0.6 is 22.9 Å². The van der Waals surface area contributed by atoms with Crippen molar-refractivity contribution >= 4 is 33.2 Å². The summed E-state index contributed by atoms with van der Waals surface area (Å²) in [4.78, 5) is 4.50. The molecule has 0 aliphatic heterocycles. The number of nitrogens with zero attached hydrogens (tertiary/aromatic N) is 1. The number of hydrogen-bond acceptors (Lipinski definition) is 3. The summed E-state index contributed by atoms with van der Waals surface area (Å²) in [5, 5.41) is 1.73. The van der Waals surface area contributed by atoms with Crippen molar-refractivity contribution in [2.75, 3.05) is 0 Å². The van der Waals surface area contributed by atoms with E-state index in [2.05, 4.69) is 11.9 Å². The maximum atomic E-state index is 6.02. The van der Waals surface area contributed by atoms with Crippen LogP contribution < -0.4 is 5.73 Å². The molecule has 0 fully saturated rings. The van der Waals surface area contributed by atoms with Crippen molar-refractivity contribution in [1.82, 2.24) is 4.98 Å². The van der Waals surface area contributed by atoms with Crippen LogP contribution in [0.4, 0.5) is 0 Å². The summed E-state index contributed by atoms with van der Waals surface area (Å²) in [5.74, 6) is 0. The lowest BCUT2D eigenvalue weighted by Crippen LogP contribution is -2.08. The van der Waals surface area contributed by atoms with E-state index in [4.69, 9.17) is 17.3 Å². The molecule has 0 spiro atoms. The Morgan fingerprint density at radius 2 is 2.33 bits per heavy atom. The molecule has 2 N–H and O–H groups in total. The minimum atomic E-state index is 0.0613. The summed E-state index contributed by atoms with van der Waals surface area (Å²) in [6.07, 6.45) is 2.06. The molecule has 2 nitrogen and oxygen atoms in total. The third-order valence-corrected chi connectivity index (χ3v) is 3.69. The van der Waals surface area contributed by atoms with Gasteiger partial charge in [-0.2, -0.15) is 0 Å². The lowest BCUT2D eigenvalue weighted by Gasteiger charge is -2.04. The van der Waals surface area contributed by atoms with Gasteiger partial charge in [0.2, 0.25) is 0 Å². The molecule has 4 heteroatoms. The Bertz CT molecular complexity index is 467. The first kappa shape index (κ1) is 10.9. The number of rotatable bonds is 3. The predicted octanol–water partition coefficient (Wildman–Crippen LogP) is 3.75. The second kappa shape index (κ2) is 4.47. The number of hydrogen-bond donors (Lipinski definition) is 1. The van der Waals surface area contributed by atoms with E-state index in [0.29, 0.717) is 0 Å². The Morgan fingerprint density at radius 3 is 3.07 bits per heavy atom. The van der Waals surface area contributed by atoms with Crippen LogP contribution in [-0.4, -0.2) is 4.98 Å². The fraction of sp³-hybridized carbons (Fsp3) is 0.364. The van der Waals surface area contributed by atoms with Gasteiger partial charge in [0.1, 0.15) is 5.01 Å². The standard InChI is InChI=1S/C11H13ClN2S/c1-2-3-8(13)11-14-9-6-7(12)4-5-10(9)15-11/h4-6,8H,2-3,13H2,1H3. The monoisotopic (exact) mass is 240 g/mol. The van der Waals surface area contributed by atoms with Gasteiger partial charge in [-0.05, 0) is 24.6 Å². The molecule has 2 aromatic rings. The van der Waals surface area contributed by atoms with Crippen LogP contribution in [0.2, 0.25) is 5.02 Å². The highest BCUT2D eigenvalue weighted by Gasteiger charge is 2.10. The molecule has 0 aliphatic rings.